The van der Waals surface area contributed by atoms with Crippen LogP contribution in [-0.2, 0) is 21.4 Å². The van der Waals surface area contributed by atoms with Gasteiger partial charge in [-0.15, -0.1) is 0 Å². The Hall–Kier alpha value is -2.50. The van der Waals surface area contributed by atoms with Gasteiger partial charge in [-0.1, -0.05) is 12.1 Å². The molecule has 130 valence electrons. The number of hydrogen-bond donors (Lipinski definition) is 0. The van der Waals surface area contributed by atoms with Gasteiger partial charge in [-0.25, -0.2) is 4.79 Å². The molecule has 1 spiro atoms. The first kappa shape index (κ1) is 14.8. The van der Waals surface area contributed by atoms with Crippen molar-refractivity contribution in [2.75, 3.05) is 20.8 Å². The van der Waals surface area contributed by atoms with Crippen LogP contribution in [0.25, 0.3) is 0 Å². The van der Waals surface area contributed by atoms with Crippen LogP contribution < -0.4 is 9.47 Å². The van der Waals surface area contributed by atoms with Gasteiger partial charge in [0, 0.05) is 24.1 Å². The highest BCUT2D eigenvalue weighted by Crippen LogP contribution is 2.62. The number of likely N-dealkylation sites (tertiary alicyclic amines) is 1. The summed E-state index contributed by atoms with van der Waals surface area (Å²) in [7, 11) is 3.03. The number of benzene rings is 1. The number of ether oxygens (including phenoxy) is 3. The molecule has 6 nitrogen and oxygen atoms in total. The van der Waals surface area contributed by atoms with Gasteiger partial charge in [0.25, 0.3) is 0 Å². The van der Waals surface area contributed by atoms with Crippen LogP contribution >= 0.6 is 0 Å². The summed E-state index contributed by atoms with van der Waals surface area (Å²) < 4.78 is 16.6. The molecular formula is C19H19NO5. The number of ketones is 1. The van der Waals surface area contributed by atoms with Crippen molar-refractivity contribution in [2.24, 2.45) is 5.92 Å². The Labute approximate surface area is 145 Å². The number of amides is 1. The molecule has 1 amide bonds. The molecule has 25 heavy (non-hydrogen) atoms. The Bertz CT molecular complexity index is 831. The highest BCUT2D eigenvalue weighted by molar-refractivity contribution is 5.98. The van der Waals surface area contributed by atoms with E-state index in [1.54, 1.807) is 18.1 Å². The van der Waals surface area contributed by atoms with E-state index in [0.717, 1.165) is 17.5 Å². The summed E-state index contributed by atoms with van der Waals surface area (Å²) in [5, 5.41) is 0. The van der Waals surface area contributed by atoms with E-state index in [1.165, 1.54) is 7.11 Å². The number of carbonyl (C=O) groups excluding carboxylic acids is 2. The minimum atomic E-state index is -0.532. The molecule has 1 saturated heterocycles. The number of hydrogen-bond acceptors (Lipinski definition) is 5. The monoisotopic (exact) mass is 341 g/mol. The molecule has 2 aliphatic heterocycles. The molecule has 4 atom stereocenters. The number of carbonyl (C=O) groups is 2. The molecule has 0 saturated carbocycles. The Morgan fingerprint density at radius 2 is 2.20 bits per heavy atom. The summed E-state index contributed by atoms with van der Waals surface area (Å²) in [6, 6.07) is 3.90. The van der Waals surface area contributed by atoms with Crippen LogP contribution in [-0.4, -0.2) is 49.7 Å². The van der Waals surface area contributed by atoms with Crippen LogP contribution in [0.2, 0.25) is 0 Å². The predicted molar refractivity (Wildman–Crippen MR) is 87.9 cm³/mol. The highest BCUT2D eigenvalue weighted by Gasteiger charge is 2.65. The normalized spacial score (nSPS) is 33.6. The Morgan fingerprint density at radius 3 is 2.96 bits per heavy atom. The van der Waals surface area contributed by atoms with Gasteiger partial charge >= 0.3 is 6.09 Å². The SMILES string of the molecule is COC(=O)N1CC[C@]23c4c5ccc(OC)c4O[C@H]2C(=O)C=C[C@H]3C1C5. The smallest absolute Gasteiger partial charge is 0.409 e. The van der Waals surface area contributed by atoms with Crippen LogP contribution in [0.5, 0.6) is 11.5 Å². The minimum absolute atomic E-state index is 0.00683. The molecule has 1 unspecified atom stereocenters. The number of methoxy groups -OCH3 is 2. The summed E-state index contributed by atoms with van der Waals surface area (Å²) in [6.45, 7) is 0.560. The molecule has 1 fully saturated rings. The van der Waals surface area contributed by atoms with E-state index in [2.05, 4.69) is 0 Å². The third-order valence-corrected chi connectivity index (χ3v) is 6.34. The maximum absolute atomic E-state index is 12.6. The van der Waals surface area contributed by atoms with Crippen LogP contribution in [0, 0.1) is 5.92 Å². The lowest BCUT2D eigenvalue weighted by Crippen LogP contribution is -2.65. The maximum Gasteiger partial charge on any atom is 0.409 e. The fourth-order valence-electron chi connectivity index (χ4n) is 5.39. The second kappa shape index (κ2) is 4.77. The summed E-state index contributed by atoms with van der Waals surface area (Å²) in [5.74, 6) is 1.41. The third-order valence-electron chi connectivity index (χ3n) is 6.34. The van der Waals surface area contributed by atoms with Crippen molar-refractivity contribution >= 4 is 11.9 Å². The fourth-order valence-corrected chi connectivity index (χ4v) is 5.39. The zero-order chi connectivity index (χ0) is 17.3. The van der Waals surface area contributed by atoms with E-state index < -0.39 is 11.5 Å². The minimum Gasteiger partial charge on any atom is -0.493 e. The summed E-state index contributed by atoms with van der Waals surface area (Å²) in [5.41, 5.74) is 1.84. The molecule has 0 N–H and O–H groups in total. The van der Waals surface area contributed by atoms with E-state index in [-0.39, 0.29) is 23.8 Å². The van der Waals surface area contributed by atoms with Crippen LogP contribution in [0.4, 0.5) is 4.79 Å². The van der Waals surface area contributed by atoms with Crippen LogP contribution in [0.1, 0.15) is 17.5 Å². The third kappa shape index (κ3) is 1.60. The number of piperidine rings is 1. The molecule has 2 bridgehead atoms. The molecule has 1 aromatic rings. The largest absolute Gasteiger partial charge is 0.493 e. The van der Waals surface area contributed by atoms with E-state index in [1.807, 2.05) is 18.2 Å². The van der Waals surface area contributed by atoms with E-state index in [4.69, 9.17) is 14.2 Å². The van der Waals surface area contributed by atoms with E-state index >= 15 is 0 Å². The summed E-state index contributed by atoms with van der Waals surface area (Å²) >= 11 is 0. The van der Waals surface area contributed by atoms with Gasteiger partial charge in [0.15, 0.2) is 23.4 Å². The molecule has 1 aromatic carbocycles. The van der Waals surface area contributed by atoms with Crippen molar-refractivity contribution in [2.45, 2.75) is 30.4 Å². The van der Waals surface area contributed by atoms with Crippen molar-refractivity contribution in [3.8, 4) is 11.5 Å². The predicted octanol–water partition coefficient (Wildman–Crippen LogP) is 1.85. The topological polar surface area (TPSA) is 65.1 Å². The van der Waals surface area contributed by atoms with Crippen molar-refractivity contribution in [3.05, 3.63) is 35.4 Å². The molecular weight excluding hydrogens is 322 g/mol. The van der Waals surface area contributed by atoms with Crippen molar-refractivity contribution in [1.29, 1.82) is 0 Å². The Kier molecular flexibility index (Phi) is 2.83. The molecule has 0 radical (unpaired) electrons. The van der Waals surface area contributed by atoms with Crippen molar-refractivity contribution in [1.82, 2.24) is 4.90 Å². The van der Waals surface area contributed by atoms with Gasteiger partial charge in [0.05, 0.1) is 19.6 Å². The molecule has 6 heteroatoms. The Balaban J connectivity index is 1.75. The lowest BCUT2D eigenvalue weighted by Gasteiger charge is -2.55. The van der Waals surface area contributed by atoms with E-state index in [9.17, 15) is 9.59 Å². The first-order chi connectivity index (χ1) is 12.1. The maximum atomic E-state index is 12.6. The first-order valence-electron chi connectivity index (χ1n) is 8.55. The van der Waals surface area contributed by atoms with Gasteiger partial charge in [0.2, 0.25) is 0 Å². The van der Waals surface area contributed by atoms with Gasteiger partial charge in [-0.3, -0.25) is 4.79 Å². The molecule has 5 rings (SSSR count). The number of rotatable bonds is 1. The number of nitrogens with zero attached hydrogens (tertiary/aromatic N) is 1. The zero-order valence-corrected chi connectivity index (χ0v) is 14.2. The Morgan fingerprint density at radius 1 is 1.36 bits per heavy atom. The van der Waals surface area contributed by atoms with Gasteiger partial charge in [-0.2, -0.15) is 0 Å². The van der Waals surface area contributed by atoms with Crippen molar-refractivity contribution < 1.29 is 23.8 Å². The van der Waals surface area contributed by atoms with Gasteiger partial charge in [0.1, 0.15) is 0 Å². The van der Waals surface area contributed by atoms with Gasteiger partial charge in [-0.05, 0) is 30.5 Å². The quantitative estimate of drug-likeness (QED) is 0.780. The average Bonchev–Trinajstić information content (AvgIpc) is 2.97. The van der Waals surface area contributed by atoms with Crippen LogP contribution in [0.3, 0.4) is 0 Å². The lowest BCUT2D eigenvalue weighted by molar-refractivity contribution is -0.127. The first-order valence-corrected chi connectivity index (χ1v) is 8.55. The molecule has 0 aromatic heterocycles. The molecule has 4 aliphatic rings. The standard InChI is InChI=1S/C19H19NO5/c1-23-14-6-3-10-9-12-11-4-5-13(21)17-19(11,15(10)16(14)25-17)7-8-20(12)18(22)24-2/h3-6,11-12,17H,7-9H2,1-2H3/t11-,12?,17-,19-/m0/s1. The van der Waals surface area contributed by atoms with E-state index in [0.29, 0.717) is 24.5 Å². The van der Waals surface area contributed by atoms with Crippen LogP contribution in [0.15, 0.2) is 24.3 Å². The second-order valence-corrected chi connectivity index (χ2v) is 7.14. The van der Waals surface area contributed by atoms with Crippen molar-refractivity contribution in [3.63, 3.8) is 0 Å². The summed E-state index contributed by atoms with van der Waals surface area (Å²) in [6.07, 6.45) is 4.15. The second-order valence-electron chi connectivity index (χ2n) is 7.14. The summed E-state index contributed by atoms with van der Waals surface area (Å²) in [4.78, 5) is 26.7. The lowest BCUT2D eigenvalue weighted by atomic mass is 9.53. The molecule has 2 aliphatic carbocycles. The molecule has 2 heterocycles. The zero-order valence-electron chi connectivity index (χ0n) is 14.2. The average molecular weight is 341 g/mol. The fraction of sp³-hybridized carbons (Fsp3) is 0.474. The van der Waals surface area contributed by atoms with Gasteiger partial charge < -0.3 is 19.1 Å². The highest BCUT2D eigenvalue weighted by atomic mass is 16.5.